The van der Waals surface area contributed by atoms with Gasteiger partial charge in [0.1, 0.15) is 17.5 Å². The molecule has 0 bridgehead atoms. The maximum atomic E-state index is 13.4. The smallest absolute Gasteiger partial charge is 0.410 e. The van der Waals surface area contributed by atoms with Crippen LogP contribution in [0, 0.1) is 6.92 Å². The van der Waals surface area contributed by atoms with Crippen LogP contribution < -0.4 is 20.3 Å². The van der Waals surface area contributed by atoms with E-state index in [1.165, 1.54) is 0 Å². The Kier molecular flexibility index (Phi) is 9.93. The predicted molar refractivity (Wildman–Crippen MR) is 174 cm³/mol. The van der Waals surface area contributed by atoms with Gasteiger partial charge in [-0.25, -0.2) is 4.79 Å². The fraction of sp³-hybridized carbons (Fsp3) is 0.400. The van der Waals surface area contributed by atoms with Crippen LogP contribution in [0.4, 0.5) is 21.9 Å². The van der Waals surface area contributed by atoms with Crippen molar-refractivity contribution in [2.45, 2.75) is 52.2 Å². The Morgan fingerprint density at radius 1 is 0.844 bits per heavy atom. The molecule has 10 heteroatoms. The van der Waals surface area contributed by atoms with Crippen LogP contribution in [0.1, 0.15) is 59.9 Å². The van der Waals surface area contributed by atoms with Crippen molar-refractivity contribution < 1.29 is 28.6 Å². The molecule has 5 rings (SSSR count). The number of nitrogens with zero attached hydrogens (tertiary/aromatic N) is 2. The number of anilines is 3. The largest absolute Gasteiger partial charge is 0.490 e. The monoisotopic (exact) mass is 614 g/mol. The zero-order valence-electron chi connectivity index (χ0n) is 26.4. The fourth-order valence-electron chi connectivity index (χ4n) is 5.34. The van der Waals surface area contributed by atoms with Gasteiger partial charge in [0, 0.05) is 56.0 Å². The summed E-state index contributed by atoms with van der Waals surface area (Å²) in [5.74, 6) is -0.103. The second kappa shape index (κ2) is 14.0. The molecule has 0 spiro atoms. The number of amides is 3. The molecule has 0 unspecified atom stereocenters. The molecule has 0 aliphatic carbocycles. The Morgan fingerprint density at radius 3 is 2.31 bits per heavy atom. The summed E-state index contributed by atoms with van der Waals surface area (Å²) in [5, 5.41) is 5.92. The Bertz CT molecular complexity index is 1520. The summed E-state index contributed by atoms with van der Waals surface area (Å²) >= 11 is 0. The highest BCUT2D eigenvalue weighted by molar-refractivity contribution is 6.12. The molecule has 0 radical (unpaired) electrons. The molecule has 2 aliphatic rings. The molecule has 2 N–H and O–H groups in total. The fourth-order valence-corrected chi connectivity index (χ4v) is 5.34. The number of nitrogens with one attached hydrogen (secondary N) is 2. The van der Waals surface area contributed by atoms with E-state index in [9.17, 15) is 14.4 Å². The van der Waals surface area contributed by atoms with Gasteiger partial charge < -0.3 is 34.6 Å². The number of piperidine rings is 1. The van der Waals surface area contributed by atoms with Crippen molar-refractivity contribution in [3.05, 3.63) is 83.4 Å². The number of benzene rings is 3. The van der Waals surface area contributed by atoms with E-state index in [2.05, 4.69) is 15.5 Å². The summed E-state index contributed by atoms with van der Waals surface area (Å²) in [5.41, 5.74) is 3.24. The Hall–Kier alpha value is -4.57. The molecule has 45 heavy (non-hydrogen) atoms. The molecule has 2 saturated heterocycles. The number of hydrogen-bond donors (Lipinski definition) is 2. The number of morpholine rings is 1. The van der Waals surface area contributed by atoms with Gasteiger partial charge in [-0.05, 0) is 81.8 Å². The van der Waals surface area contributed by atoms with Crippen molar-refractivity contribution in [3.8, 4) is 5.75 Å². The van der Waals surface area contributed by atoms with Gasteiger partial charge in [-0.15, -0.1) is 0 Å². The highest BCUT2D eigenvalue weighted by atomic mass is 16.6. The second-order valence-corrected chi connectivity index (χ2v) is 12.4. The van der Waals surface area contributed by atoms with Crippen molar-refractivity contribution in [2.75, 3.05) is 54.9 Å². The van der Waals surface area contributed by atoms with Gasteiger partial charge >= 0.3 is 6.09 Å². The van der Waals surface area contributed by atoms with Crippen molar-refractivity contribution in [1.29, 1.82) is 0 Å². The lowest BCUT2D eigenvalue weighted by atomic mass is 10.1. The molecule has 0 atom stereocenters. The van der Waals surface area contributed by atoms with Gasteiger partial charge in [-0.2, -0.15) is 0 Å². The normalized spacial score (nSPS) is 15.7. The van der Waals surface area contributed by atoms with Crippen LogP contribution >= 0.6 is 0 Å². The quantitative estimate of drug-likeness (QED) is 0.330. The lowest BCUT2D eigenvalue weighted by molar-refractivity contribution is 0.0126. The molecule has 0 saturated carbocycles. The molecule has 3 amide bonds. The molecule has 2 fully saturated rings. The summed E-state index contributed by atoms with van der Waals surface area (Å²) in [6, 6.07) is 20.1. The third-order valence-corrected chi connectivity index (χ3v) is 7.64. The van der Waals surface area contributed by atoms with E-state index in [0.29, 0.717) is 67.4 Å². The SMILES string of the molecule is Cc1ccc(C(=O)Nc2cccc(N3CCOCC3)c2)c(NC(=O)c2cccc(OC3CCN(C(=O)OC(C)(C)C)CC3)c2)c1. The molecule has 2 aliphatic heterocycles. The summed E-state index contributed by atoms with van der Waals surface area (Å²) in [6.45, 7) is 11.5. The van der Waals surface area contributed by atoms with E-state index >= 15 is 0 Å². The van der Waals surface area contributed by atoms with E-state index in [-0.39, 0.29) is 24.0 Å². The average molecular weight is 615 g/mol. The predicted octanol–water partition coefficient (Wildman–Crippen LogP) is 6.11. The van der Waals surface area contributed by atoms with E-state index in [4.69, 9.17) is 14.2 Å². The first-order chi connectivity index (χ1) is 21.5. The van der Waals surface area contributed by atoms with Gasteiger partial charge in [0.05, 0.1) is 24.5 Å². The van der Waals surface area contributed by atoms with Crippen molar-refractivity contribution in [2.24, 2.45) is 0 Å². The number of rotatable bonds is 7. The zero-order chi connectivity index (χ0) is 32.0. The minimum atomic E-state index is -0.538. The highest BCUT2D eigenvalue weighted by Crippen LogP contribution is 2.25. The zero-order valence-corrected chi connectivity index (χ0v) is 26.4. The first-order valence-electron chi connectivity index (χ1n) is 15.4. The third kappa shape index (κ3) is 8.76. The lowest BCUT2D eigenvalue weighted by Crippen LogP contribution is -2.44. The van der Waals surface area contributed by atoms with E-state index in [0.717, 1.165) is 24.3 Å². The van der Waals surface area contributed by atoms with Crippen LogP contribution in [0.5, 0.6) is 5.75 Å². The molecule has 238 valence electrons. The summed E-state index contributed by atoms with van der Waals surface area (Å²) in [7, 11) is 0. The van der Waals surface area contributed by atoms with Crippen molar-refractivity contribution in [1.82, 2.24) is 4.90 Å². The van der Waals surface area contributed by atoms with Crippen LogP contribution in [0.15, 0.2) is 66.7 Å². The van der Waals surface area contributed by atoms with E-state index in [1.807, 2.05) is 64.1 Å². The molecule has 3 aromatic rings. The van der Waals surface area contributed by atoms with Crippen LogP contribution in [-0.4, -0.2) is 73.9 Å². The lowest BCUT2D eigenvalue weighted by Gasteiger charge is -2.33. The van der Waals surface area contributed by atoms with Gasteiger partial charge in [0.2, 0.25) is 0 Å². The van der Waals surface area contributed by atoms with E-state index in [1.54, 1.807) is 35.2 Å². The van der Waals surface area contributed by atoms with Gasteiger partial charge in [0.15, 0.2) is 0 Å². The topological polar surface area (TPSA) is 109 Å². The maximum Gasteiger partial charge on any atom is 0.410 e. The number of likely N-dealkylation sites (tertiary alicyclic amines) is 1. The van der Waals surface area contributed by atoms with Crippen LogP contribution in [-0.2, 0) is 9.47 Å². The van der Waals surface area contributed by atoms with Gasteiger partial charge in [-0.3, -0.25) is 9.59 Å². The highest BCUT2D eigenvalue weighted by Gasteiger charge is 2.28. The van der Waals surface area contributed by atoms with Gasteiger partial charge in [-0.1, -0.05) is 18.2 Å². The molecule has 3 aromatic carbocycles. The molecule has 10 nitrogen and oxygen atoms in total. The minimum absolute atomic E-state index is 0.0872. The third-order valence-electron chi connectivity index (χ3n) is 7.64. The summed E-state index contributed by atoms with van der Waals surface area (Å²) < 4.78 is 17.1. The average Bonchev–Trinajstić information content (AvgIpc) is 3.01. The molecule has 0 aromatic heterocycles. The van der Waals surface area contributed by atoms with Crippen LogP contribution in [0.2, 0.25) is 0 Å². The number of carbonyl (C=O) groups excluding carboxylic acids is 3. The first-order valence-corrected chi connectivity index (χ1v) is 15.4. The minimum Gasteiger partial charge on any atom is -0.490 e. The number of hydrogen-bond acceptors (Lipinski definition) is 7. The van der Waals surface area contributed by atoms with Gasteiger partial charge in [0.25, 0.3) is 11.8 Å². The second-order valence-electron chi connectivity index (χ2n) is 12.4. The number of ether oxygens (including phenoxy) is 3. The first kappa shape index (κ1) is 31.8. The van der Waals surface area contributed by atoms with Crippen molar-refractivity contribution >= 4 is 35.0 Å². The maximum absolute atomic E-state index is 13.4. The molecule has 2 heterocycles. The van der Waals surface area contributed by atoms with Crippen LogP contribution in [0.3, 0.4) is 0 Å². The number of aryl methyl sites for hydroxylation is 1. The molecular formula is C35H42N4O6. The van der Waals surface area contributed by atoms with Crippen molar-refractivity contribution in [3.63, 3.8) is 0 Å². The molecular weight excluding hydrogens is 572 g/mol. The Labute approximate surface area is 264 Å². The number of carbonyl (C=O) groups is 3. The van der Waals surface area contributed by atoms with E-state index < -0.39 is 5.60 Å². The standard InChI is InChI=1S/C35H42N4O6/c1-24-11-12-30(33(41)36-26-8-6-9-27(23-26)38-17-19-43-20-18-38)31(21-24)37-32(40)25-7-5-10-29(22-25)44-28-13-15-39(16-14-28)34(42)45-35(2,3)4/h5-12,21-23,28H,13-20H2,1-4H3,(H,36,41)(H,37,40). The van der Waals surface area contributed by atoms with Crippen LogP contribution in [0.25, 0.3) is 0 Å². The Balaban J connectivity index is 1.21. The Morgan fingerprint density at radius 2 is 1.58 bits per heavy atom. The summed E-state index contributed by atoms with van der Waals surface area (Å²) in [4.78, 5) is 43.1. The summed E-state index contributed by atoms with van der Waals surface area (Å²) in [6.07, 6.45) is 0.917.